The minimum Gasteiger partial charge on any atom is -0.320 e. The SMILES string of the molecule is Cc1nsc(NC(=O)c2cccc(C#CCN)c2)n1. The van der Waals surface area contributed by atoms with Gasteiger partial charge in [0.15, 0.2) is 0 Å². The highest BCUT2D eigenvalue weighted by Gasteiger charge is 2.08. The van der Waals surface area contributed by atoms with Gasteiger partial charge >= 0.3 is 0 Å². The summed E-state index contributed by atoms with van der Waals surface area (Å²) in [4.78, 5) is 16.1. The fourth-order valence-electron chi connectivity index (χ4n) is 1.41. The molecule has 3 N–H and O–H groups in total. The molecule has 0 saturated carbocycles. The van der Waals surface area contributed by atoms with E-state index in [0.717, 1.165) is 17.1 Å². The number of carbonyl (C=O) groups is 1. The van der Waals surface area contributed by atoms with E-state index in [1.54, 1.807) is 25.1 Å². The van der Waals surface area contributed by atoms with Gasteiger partial charge in [-0.15, -0.1) is 0 Å². The van der Waals surface area contributed by atoms with Crippen LogP contribution < -0.4 is 11.1 Å². The van der Waals surface area contributed by atoms with Gasteiger partial charge in [-0.05, 0) is 25.1 Å². The van der Waals surface area contributed by atoms with Gasteiger partial charge in [0.2, 0.25) is 5.13 Å². The lowest BCUT2D eigenvalue weighted by molar-refractivity contribution is 0.102. The van der Waals surface area contributed by atoms with Crippen LogP contribution >= 0.6 is 11.5 Å². The van der Waals surface area contributed by atoms with Crippen molar-refractivity contribution in [1.82, 2.24) is 9.36 Å². The summed E-state index contributed by atoms with van der Waals surface area (Å²) in [5, 5.41) is 3.18. The van der Waals surface area contributed by atoms with Gasteiger partial charge in [0.1, 0.15) is 5.82 Å². The van der Waals surface area contributed by atoms with Crippen LogP contribution in [0.2, 0.25) is 0 Å². The van der Waals surface area contributed by atoms with Gasteiger partial charge < -0.3 is 5.73 Å². The Balaban J connectivity index is 2.15. The van der Waals surface area contributed by atoms with E-state index in [1.165, 1.54) is 0 Å². The molecule has 0 bridgehead atoms. The van der Waals surface area contributed by atoms with E-state index < -0.39 is 0 Å². The van der Waals surface area contributed by atoms with Crippen LogP contribution in [0.3, 0.4) is 0 Å². The second kappa shape index (κ2) is 6.09. The highest BCUT2D eigenvalue weighted by molar-refractivity contribution is 7.09. The Bertz CT molecular complexity index is 654. The molecule has 0 aliphatic carbocycles. The second-order valence-electron chi connectivity index (χ2n) is 3.69. The molecule has 0 saturated heterocycles. The molecule has 19 heavy (non-hydrogen) atoms. The van der Waals surface area contributed by atoms with Crippen LogP contribution in [0.1, 0.15) is 21.7 Å². The number of nitrogens with two attached hydrogens (primary N) is 1. The van der Waals surface area contributed by atoms with Crippen LogP contribution in [-0.4, -0.2) is 21.8 Å². The molecule has 1 heterocycles. The summed E-state index contributed by atoms with van der Waals surface area (Å²) >= 11 is 1.15. The van der Waals surface area contributed by atoms with Gasteiger partial charge in [0.05, 0.1) is 6.54 Å². The number of nitrogens with one attached hydrogen (secondary N) is 1. The molecule has 0 atom stereocenters. The lowest BCUT2D eigenvalue weighted by Crippen LogP contribution is -2.11. The number of aryl methyl sites for hydroxylation is 1. The van der Waals surface area contributed by atoms with Crippen molar-refractivity contribution in [2.75, 3.05) is 11.9 Å². The van der Waals surface area contributed by atoms with Crippen molar-refractivity contribution in [3.05, 3.63) is 41.2 Å². The fourth-order valence-corrected chi connectivity index (χ4v) is 1.98. The maximum Gasteiger partial charge on any atom is 0.257 e. The predicted octanol–water partition coefficient (Wildman–Crippen LogP) is 1.41. The number of amides is 1. The summed E-state index contributed by atoms with van der Waals surface area (Å²) in [5.41, 5.74) is 6.59. The van der Waals surface area contributed by atoms with Crippen LogP contribution in [0, 0.1) is 18.8 Å². The van der Waals surface area contributed by atoms with Gasteiger partial charge in [-0.25, -0.2) is 4.98 Å². The number of benzene rings is 1. The van der Waals surface area contributed by atoms with Crippen molar-refractivity contribution in [3.63, 3.8) is 0 Å². The van der Waals surface area contributed by atoms with Crippen LogP contribution in [-0.2, 0) is 0 Å². The van der Waals surface area contributed by atoms with Crippen molar-refractivity contribution in [1.29, 1.82) is 0 Å². The maximum absolute atomic E-state index is 12.0. The molecular formula is C13H12N4OS. The van der Waals surface area contributed by atoms with E-state index in [9.17, 15) is 4.79 Å². The standard InChI is InChI=1S/C13H12N4OS/c1-9-15-13(19-17-9)16-12(18)11-6-2-4-10(8-11)5-3-7-14/h2,4,6,8H,7,14H2,1H3,(H,15,16,17,18). The molecular weight excluding hydrogens is 260 g/mol. The Morgan fingerprint density at radius 1 is 1.53 bits per heavy atom. The van der Waals surface area contributed by atoms with E-state index in [1.807, 2.05) is 6.07 Å². The first-order valence-electron chi connectivity index (χ1n) is 5.59. The molecule has 2 rings (SSSR count). The molecule has 0 spiro atoms. The Morgan fingerprint density at radius 3 is 3.05 bits per heavy atom. The number of rotatable bonds is 2. The highest BCUT2D eigenvalue weighted by atomic mass is 32.1. The molecule has 1 aromatic carbocycles. The summed E-state index contributed by atoms with van der Waals surface area (Å²) in [6.07, 6.45) is 0. The van der Waals surface area contributed by atoms with Gasteiger partial charge in [0.25, 0.3) is 5.91 Å². The first-order chi connectivity index (χ1) is 9.19. The summed E-state index contributed by atoms with van der Waals surface area (Å²) in [7, 11) is 0. The average molecular weight is 272 g/mol. The third-order valence-electron chi connectivity index (χ3n) is 2.21. The smallest absolute Gasteiger partial charge is 0.257 e. The molecule has 0 radical (unpaired) electrons. The third kappa shape index (κ3) is 3.61. The van der Waals surface area contributed by atoms with E-state index in [0.29, 0.717) is 23.1 Å². The monoisotopic (exact) mass is 272 g/mol. The van der Waals surface area contributed by atoms with Gasteiger partial charge in [-0.1, -0.05) is 17.9 Å². The fraction of sp³-hybridized carbons (Fsp3) is 0.154. The Labute approximate surface area is 115 Å². The molecule has 0 fully saturated rings. The van der Waals surface area contributed by atoms with Crippen molar-refractivity contribution < 1.29 is 4.79 Å². The average Bonchev–Trinajstić information content (AvgIpc) is 2.82. The molecule has 1 aromatic heterocycles. The van der Waals surface area contributed by atoms with E-state index >= 15 is 0 Å². The van der Waals surface area contributed by atoms with E-state index in [-0.39, 0.29) is 5.91 Å². The molecule has 6 heteroatoms. The van der Waals surface area contributed by atoms with Gasteiger partial charge in [0, 0.05) is 22.7 Å². The van der Waals surface area contributed by atoms with Crippen molar-refractivity contribution >= 4 is 22.6 Å². The zero-order valence-corrected chi connectivity index (χ0v) is 11.1. The van der Waals surface area contributed by atoms with Crippen LogP contribution in [0.25, 0.3) is 0 Å². The Hall–Kier alpha value is -2.23. The van der Waals surface area contributed by atoms with Gasteiger partial charge in [-0.3, -0.25) is 10.1 Å². The molecule has 0 unspecified atom stereocenters. The van der Waals surface area contributed by atoms with E-state index in [4.69, 9.17) is 5.73 Å². The van der Waals surface area contributed by atoms with Crippen LogP contribution in [0.4, 0.5) is 5.13 Å². The second-order valence-corrected chi connectivity index (χ2v) is 4.44. The minimum absolute atomic E-state index is 0.229. The Kier molecular flexibility index (Phi) is 4.23. The number of hydrogen-bond acceptors (Lipinski definition) is 5. The first-order valence-corrected chi connectivity index (χ1v) is 6.37. The quantitative estimate of drug-likeness (QED) is 0.810. The normalized spacial score (nSPS) is 9.58. The van der Waals surface area contributed by atoms with Crippen molar-refractivity contribution in [3.8, 4) is 11.8 Å². The topological polar surface area (TPSA) is 80.9 Å². The highest BCUT2D eigenvalue weighted by Crippen LogP contribution is 2.12. The summed E-state index contributed by atoms with van der Waals surface area (Å²) in [5.74, 6) is 6.05. The summed E-state index contributed by atoms with van der Waals surface area (Å²) in [6.45, 7) is 2.07. The van der Waals surface area contributed by atoms with Crippen LogP contribution in [0.5, 0.6) is 0 Å². The zero-order valence-electron chi connectivity index (χ0n) is 10.3. The molecule has 1 amide bonds. The number of carbonyl (C=O) groups excluding carboxylic acids is 1. The number of hydrogen-bond donors (Lipinski definition) is 2. The predicted molar refractivity (Wildman–Crippen MR) is 75.0 cm³/mol. The molecule has 5 nitrogen and oxygen atoms in total. The summed E-state index contributed by atoms with van der Waals surface area (Å²) in [6, 6.07) is 7.04. The maximum atomic E-state index is 12.0. The lowest BCUT2D eigenvalue weighted by atomic mass is 10.1. The Morgan fingerprint density at radius 2 is 2.37 bits per heavy atom. The molecule has 2 aromatic rings. The first kappa shape index (κ1) is 13.2. The third-order valence-corrected chi connectivity index (χ3v) is 2.93. The number of anilines is 1. The van der Waals surface area contributed by atoms with E-state index in [2.05, 4.69) is 26.5 Å². The number of nitrogens with zero attached hydrogens (tertiary/aromatic N) is 2. The molecule has 0 aliphatic rings. The number of aromatic nitrogens is 2. The lowest BCUT2D eigenvalue weighted by Gasteiger charge is -2.01. The molecule has 96 valence electrons. The van der Waals surface area contributed by atoms with Crippen molar-refractivity contribution in [2.24, 2.45) is 5.73 Å². The van der Waals surface area contributed by atoms with Crippen LogP contribution in [0.15, 0.2) is 24.3 Å². The zero-order chi connectivity index (χ0) is 13.7. The summed E-state index contributed by atoms with van der Waals surface area (Å²) < 4.78 is 4.00. The molecule has 0 aliphatic heterocycles. The minimum atomic E-state index is -0.229. The largest absolute Gasteiger partial charge is 0.320 e. The van der Waals surface area contributed by atoms with Gasteiger partial charge in [-0.2, -0.15) is 4.37 Å². The van der Waals surface area contributed by atoms with Crippen molar-refractivity contribution in [2.45, 2.75) is 6.92 Å².